The maximum atomic E-state index is 13.1. The Morgan fingerprint density at radius 2 is 1.84 bits per heavy atom. The van der Waals surface area contributed by atoms with E-state index in [9.17, 15) is 13.2 Å². The lowest BCUT2D eigenvalue weighted by atomic mass is 10.3. The zero-order valence-electron chi connectivity index (χ0n) is 12.8. The molecule has 6 nitrogen and oxygen atoms in total. The van der Waals surface area contributed by atoms with Gasteiger partial charge in [-0.2, -0.15) is 18.3 Å². The van der Waals surface area contributed by atoms with Crippen LogP contribution < -0.4 is 0 Å². The second-order valence-electron chi connectivity index (χ2n) is 5.83. The molecule has 0 atom stereocenters. The number of aromatic nitrogens is 6. The first-order chi connectivity index (χ1) is 11.9. The summed E-state index contributed by atoms with van der Waals surface area (Å²) in [5.74, 6) is 0.518. The predicted molar refractivity (Wildman–Crippen MR) is 82.9 cm³/mol. The fraction of sp³-hybridized carbons (Fsp3) is 0.333. The van der Waals surface area contributed by atoms with E-state index in [1.165, 1.54) is 23.2 Å². The zero-order chi connectivity index (χ0) is 17.6. The van der Waals surface area contributed by atoms with E-state index in [2.05, 4.69) is 20.1 Å². The van der Waals surface area contributed by atoms with Gasteiger partial charge in [0.15, 0.2) is 5.69 Å². The van der Waals surface area contributed by atoms with Gasteiger partial charge in [0, 0.05) is 24.8 Å². The molecule has 1 aliphatic rings. The topological polar surface area (TPSA) is 61.4 Å². The Hall–Kier alpha value is -2.42. The Bertz CT molecular complexity index is 895. The SMILES string of the molecule is FC(F)(F)c1cn(Cc2ncc(Cl)cn2)c(-c2cnn(C3CC3)c2)n1. The Balaban J connectivity index is 1.72. The monoisotopic (exact) mass is 368 g/mol. The molecule has 0 aromatic carbocycles. The molecule has 25 heavy (non-hydrogen) atoms. The van der Waals surface area contributed by atoms with E-state index >= 15 is 0 Å². The Morgan fingerprint density at radius 3 is 2.48 bits per heavy atom. The molecule has 0 bridgehead atoms. The van der Waals surface area contributed by atoms with Crippen LogP contribution in [0.15, 0.2) is 31.0 Å². The first kappa shape index (κ1) is 16.1. The van der Waals surface area contributed by atoms with E-state index in [-0.39, 0.29) is 12.4 Å². The van der Waals surface area contributed by atoms with Gasteiger partial charge in [0.2, 0.25) is 0 Å². The molecule has 4 rings (SSSR count). The summed E-state index contributed by atoms with van der Waals surface area (Å²) in [6.07, 6.45) is 4.53. The third-order valence-corrected chi connectivity index (χ3v) is 4.03. The molecule has 0 N–H and O–H groups in total. The molecule has 0 spiro atoms. The van der Waals surface area contributed by atoms with Crippen molar-refractivity contribution in [3.63, 3.8) is 0 Å². The van der Waals surface area contributed by atoms with Crippen molar-refractivity contribution in [3.8, 4) is 11.4 Å². The molecular weight excluding hydrogens is 357 g/mol. The van der Waals surface area contributed by atoms with Crippen LogP contribution in [0.1, 0.15) is 30.4 Å². The Kier molecular flexibility index (Phi) is 3.75. The number of imidazole rings is 1. The average Bonchev–Trinajstić information content (AvgIpc) is 3.13. The standard InChI is InChI=1S/C15H12ClF3N6/c16-10-4-20-13(21-5-10)8-24-7-12(15(17,18)19)23-14(24)9-3-22-25(6-9)11-1-2-11/h3-7,11H,1-2,8H2. The van der Waals surface area contributed by atoms with Crippen LogP contribution in [-0.2, 0) is 12.7 Å². The van der Waals surface area contributed by atoms with Gasteiger partial charge in [-0.1, -0.05) is 11.6 Å². The van der Waals surface area contributed by atoms with Crippen molar-refractivity contribution in [1.29, 1.82) is 0 Å². The highest BCUT2D eigenvalue weighted by atomic mass is 35.5. The molecule has 0 unspecified atom stereocenters. The second kappa shape index (κ2) is 5.83. The number of hydrogen-bond donors (Lipinski definition) is 0. The van der Waals surface area contributed by atoms with E-state index in [0.29, 0.717) is 22.5 Å². The van der Waals surface area contributed by atoms with Crippen molar-refractivity contribution in [3.05, 3.63) is 47.5 Å². The lowest BCUT2D eigenvalue weighted by molar-refractivity contribution is -0.140. The first-order valence-corrected chi connectivity index (χ1v) is 7.93. The van der Waals surface area contributed by atoms with Gasteiger partial charge < -0.3 is 4.57 Å². The molecular formula is C15H12ClF3N6. The molecule has 0 radical (unpaired) electrons. The number of halogens is 4. The summed E-state index contributed by atoms with van der Waals surface area (Å²) >= 11 is 5.74. The highest BCUT2D eigenvalue weighted by molar-refractivity contribution is 6.30. The van der Waals surface area contributed by atoms with Crippen LogP contribution in [0.4, 0.5) is 13.2 Å². The van der Waals surface area contributed by atoms with Crippen LogP contribution >= 0.6 is 11.6 Å². The molecule has 10 heteroatoms. The van der Waals surface area contributed by atoms with Crippen molar-refractivity contribution in [1.82, 2.24) is 29.3 Å². The summed E-state index contributed by atoms with van der Waals surface area (Å²) in [4.78, 5) is 11.8. The normalized spacial score (nSPS) is 14.9. The van der Waals surface area contributed by atoms with Crippen molar-refractivity contribution in [2.75, 3.05) is 0 Å². The highest BCUT2D eigenvalue weighted by Gasteiger charge is 2.35. The number of alkyl halides is 3. The minimum absolute atomic E-state index is 0.0458. The van der Waals surface area contributed by atoms with E-state index < -0.39 is 11.9 Å². The molecule has 0 aliphatic heterocycles. The minimum atomic E-state index is -4.53. The summed E-state index contributed by atoms with van der Waals surface area (Å²) in [7, 11) is 0. The van der Waals surface area contributed by atoms with Gasteiger partial charge in [0.1, 0.15) is 11.6 Å². The smallest absolute Gasteiger partial charge is 0.323 e. The van der Waals surface area contributed by atoms with Crippen molar-refractivity contribution in [2.45, 2.75) is 31.6 Å². The summed E-state index contributed by atoms with van der Waals surface area (Å²) in [5, 5.41) is 4.58. The van der Waals surface area contributed by atoms with Gasteiger partial charge in [-0.25, -0.2) is 15.0 Å². The van der Waals surface area contributed by atoms with Crippen LogP contribution in [-0.4, -0.2) is 29.3 Å². The third kappa shape index (κ3) is 3.37. The molecule has 130 valence electrons. The van der Waals surface area contributed by atoms with Crippen LogP contribution in [0, 0.1) is 0 Å². The maximum absolute atomic E-state index is 13.1. The zero-order valence-corrected chi connectivity index (χ0v) is 13.5. The average molecular weight is 369 g/mol. The molecule has 1 saturated carbocycles. The van der Waals surface area contributed by atoms with Gasteiger partial charge in [0.25, 0.3) is 0 Å². The second-order valence-corrected chi connectivity index (χ2v) is 6.27. The van der Waals surface area contributed by atoms with E-state index in [1.54, 1.807) is 10.9 Å². The highest BCUT2D eigenvalue weighted by Crippen LogP contribution is 2.36. The molecule has 1 fully saturated rings. The lowest BCUT2D eigenvalue weighted by Gasteiger charge is -2.05. The van der Waals surface area contributed by atoms with Crippen LogP contribution in [0.2, 0.25) is 5.02 Å². The molecule has 1 aliphatic carbocycles. The van der Waals surface area contributed by atoms with Gasteiger partial charge in [-0.3, -0.25) is 4.68 Å². The van der Waals surface area contributed by atoms with Gasteiger partial charge in [0.05, 0.1) is 29.4 Å². The van der Waals surface area contributed by atoms with E-state index in [1.807, 2.05) is 0 Å². The lowest BCUT2D eigenvalue weighted by Crippen LogP contribution is -2.06. The number of nitrogens with zero attached hydrogens (tertiary/aromatic N) is 6. The van der Waals surface area contributed by atoms with E-state index in [0.717, 1.165) is 19.0 Å². The van der Waals surface area contributed by atoms with Crippen molar-refractivity contribution < 1.29 is 13.2 Å². The van der Waals surface area contributed by atoms with Crippen molar-refractivity contribution in [2.24, 2.45) is 0 Å². The van der Waals surface area contributed by atoms with Gasteiger partial charge in [-0.05, 0) is 12.8 Å². The fourth-order valence-electron chi connectivity index (χ4n) is 2.47. The Labute approximate surface area is 145 Å². The maximum Gasteiger partial charge on any atom is 0.434 e. The molecule has 3 heterocycles. The van der Waals surface area contributed by atoms with E-state index in [4.69, 9.17) is 11.6 Å². The first-order valence-electron chi connectivity index (χ1n) is 7.55. The minimum Gasteiger partial charge on any atom is -0.323 e. The molecule has 3 aromatic rings. The quantitative estimate of drug-likeness (QED) is 0.706. The van der Waals surface area contributed by atoms with Crippen LogP contribution in [0.3, 0.4) is 0 Å². The summed E-state index contributed by atoms with van der Waals surface area (Å²) in [6.45, 7) is 0.0458. The number of hydrogen-bond acceptors (Lipinski definition) is 4. The summed E-state index contributed by atoms with van der Waals surface area (Å²) in [6, 6.07) is 0.332. The van der Waals surface area contributed by atoms with Crippen LogP contribution in [0.5, 0.6) is 0 Å². The number of rotatable bonds is 4. The Morgan fingerprint density at radius 1 is 1.12 bits per heavy atom. The molecule has 0 saturated heterocycles. The molecule has 3 aromatic heterocycles. The fourth-order valence-corrected chi connectivity index (χ4v) is 2.57. The van der Waals surface area contributed by atoms with Crippen molar-refractivity contribution >= 4 is 11.6 Å². The predicted octanol–water partition coefficient (Wildman–Crippen LogP) is 3.59. The molecule has 0 amide bonds. The van der Waals surface area contributed by atoms with Gasteiger partial charge >= 0.3 is 6.18 Å². The van der Waals surface area contributed by atoms with Crippen LogP contribution in [0.25, 0.3) is 11.4 Å². The van der Waals surface area contributed by atoms with Gasteiger partial charge in [-0.15, -0.1) is 0 Å². The summed E-state index contributed by atoms with van der Waals surface area (Å²) in [5.41, 5.74) is -0.438. The largest absolute Gasteiger partial charge is 0.434 e. The third-order valence-electron chi connectivity index (χ3n) is 3.83. The summed E-state index contributed by atoms with van der Waals surface area (Å²) < 4.78 is 42.4.